The predicted molar refractivity (Wildman–Crippen MR) is 43.2 cm³/mol. The van der Waals surface area contributed by atoms with Gasteiger partial charge in [-0.15, -0.1) is 0 Å². The van der Waals surface area contributed by atoms with Crippen LogP contribution >= 0.6 is 0 Å². The van der Waals surface area contributed by atoms with Crippen molar-refractivity contribution in [2.75, 3.05) is 6.61 Å². The highest BCUT2D eigenvalue weighted by atomic mass is 32.2. The van der Waals surface area contributed by atoms with Crippen LogP contribution < -0.4 is 0 Å². The van der Waals surface area contributed by atoms with Gasteiger partial charge < -0.3 is 9.47 Å². The van der Waals surface area contributed by atoms with Crippen LogP contribution in [-0.2, 0) is 19.6 Å². The van der Waals surface area contributed by atoms with Crippen molar-refractivity contribution in [3.63, 3.8) is 0 Å². The summed E-state index contributed by atoms with van der Waals surface area (Å²) in [5, 5.41) is 0. The third-order valence-electron chi connectivity index (χ3n) is 1.20. The molecule has 0 heterocycles. The van der Waals surface area contributed by atoms with Crippen molar-refractivity contribution in [3.05, 3.63) is 0 Å². The average Bonchev–Trinajstić information content (AvgIpc) is 1.85. The van der Waals surface area contributed by atoms with Crippen molar-refractivity contribution >= 4 is 10.1 Å². The highest BCUT2D eigenvalue weighted by Gasteiger charge is 2.20. The van der Waals surface area contributed by atoms with Crippen LogP contribution in [0.25, 0.3) is 0 Å². The van der Waals surface area contributed by atoms with Gasteiger partial charge in [0.2, 0.25) is 0 Å². The normalized spacial score (nSPS) is 17.3. The largest absolute Gasteiger partial charge is 0.353 e. The molecule has 0 aromatic carbocycles. The van der Waals surface area contributed by atoms with E-state index >= 15 is 0 Å². The number of hydrogen-bond acceptors (Lipinski definition) is 4. The summed E-state index contributed by atoms with van der Waals surface area (Å²) < 4.78 is 39.1. The van der Waals surface area contributed by atoms with E-state index in [1.54, 1.807) is 13.8 Å². The molecule has 1 N–H and O–H groups in total. The number of rotatable bonds is 5. The van der Waals surface area contributed by atoms with Gasteiger partial charge in [0.05, 0.1) is 0 Å². The van der Waals surface area contributed by atoms with Gasteiger partial charge in [-0.3, -0.25) is 4.55 Å². The molecule has 6 heteroatoms. The van der Waals surface area contributed by atoms with Crippen LogP contribution in [0.2, 0.25) is 0 Å². The molecule has 0 spiro atoms. The summed E-state index contributed by atoms with van der Waals surface area (Å²) in [6.07, 6.45) is -0.632. The fraction of sp³-hybridized carbons (Fsp3) is 1.00. The van der Waals surface area contributed by atoms with E-state index in [-0.39, 0.29) is 0 Å². The topological polar surface area (TPSA) is 72.8 Å². The third kappa shape index (κ3) is 4.66. The van der Waals surface area contributed by atoms with Crippen LogP contribution in [0.1, 0.15) is 20.8 Å². The monoisotopic (exact) mass is 198 g/mol. The zero-order valence-electron chi connectivity index (χ0n) is 7.35. The second-order valence-electron chi connectivity index (χ2n) is 2.24. The molecule has 0 amide bonds. The minimum Gasteiger partial charge on any atom is -0.353 e. The first kappa shape index (κ1) is 11.8. The maximum Gasteiger partial charge on any atom is 0.292 e. The van der Waals surface area contributed by atoms with E-state index in [0.29, 0.717) is 6.61 Å². The van der Waals surface area contributed by atoms with E-state index in [0.717, 1.165) is 0 Å². The first-order valence-corrected chi connectivity index (χ1v) is 5.11. The van der Waals surface area contributed by atoms with Crippen LogP contribution in [0.3, 0.4) is 0 Å². The van der Waals surface area contributed by atoms with E-state index in [1.165, 1.54) is 6.92 Å². The first-order valence-electron chi connectivity index (χ1n) is 3.61. The van der Waals surface area contributed by atoms with Crippen LogP contribution in [0, 0.1) is 0 Å². The lowest BCUT2D eigenvalue weighted by atomic mass is 10.7. The average molecular weight is 198 g/mol. The first-order chi connectivity index (χ1) is 5.38. The molecule has 0 aliphatic carbocycles. The Bertz CT molecular complexity index is 210. The molecular formula is C6H14O5S. The number of ether oxygens (including phenoxy) is 2. The van der Waals surface area contributed by atoms with Crippen molar-refractivity contribution < 1.29 is 22.4 Å². The Labute approximate surface area is 72.4 Å². The molecular weight excluding hydrogens is 184 g/mol. The third-order valence-corrected chi connectivity index (χ3v) is 2.15. The molecule has 0 aliphatic heterocycles. The van der Waals surface area contributed by atoms with Gasteiger partial charge in [0.15, 0.2) is 11.7 Å². The number of hydrogen-bond donors (Lipinski definition) is 1. The minimum atomic E-state index is -4.12. The lowest BCUT2D eigenvalue weighted by Gasteiger charge is -2.16. The van der Waals surface area contributed by atoms with Crippen molar-refractivity contribution in [2.45, 2.75) is 32.5 Å². The summed E-state index contributed by atoms with van der Waals surface area (Å²) >= 11 is 0. The summed E-state index contributed by atoms with van der Waals surface area (Å²) in [5.74, 6) is 0. The van der Waals surface area contributed by atoms with E-state index in [1.807, 2.05) is 0 Å². The molecule has 5 nitrogen and oxygen atoms in total. The molecule has 0 saturated carbocycles. The summed E-state index contributed by atoms with van der Waals surface area (Å²) in [5.41, 5.74) is -1.25. The van der Waals surface area contributed by atoms with Gasteiger partial charge in [-0.05, 0) is 20.8 Å². The lowest BCUT2D eigenvalue weighted by Crippen LogP contribution is -2.26. The van der Waals surface area contributed by atoms with E-state index in [4.69, 9.17) is 14.0 Å². The maximum absolute atomic E-state index is 10.4. The van der Waals surface area contributed by atoms with Gasteiger partial charge in [-0.25, -0.2) is 0 Å². The van der Waals surface area contributed by atoms with Crippen LogP contribution in [-0.4, -0.2) is 31.3 Å². The Morgan fingerprint density at radius 2 is 1.92 bits per heavy atom. The maximum atomic E-state index is 10.4. The molecule has 74 valence electrons. The molecule has 2 atom stereocenters. The fourth-order valence-electron chi connectivity index (χ4n) is 0.614. The second kappa shape index (κ2) is 4.76. The lowest BCUT2D eigenvalue weighted by molar-refractivity contribution is -0.135. The van der Waals surface area contributed by atoms with Crippen molar-refractivity contribution in [2.24, 2.45) is 0 Å². The van der Waals surface area contributed by atoms with E-state index in [2.05, 4.69) is 0 Å². The Balaban J connectivity index is 3.93. The Morgan fingerprint density at radius 1 is 1.42 bits per heavy atom. The summed E-state index contributed by atoms with van der Waals surface area (Å²) in [6.45, 7) is 4.99. The van der Waals surface area contributed by atoms with Gasteiger partial charge in [-0.1, -0.05) is 0 Å². The standard InChI is InChI=1S/C6H14O5S/c1-4-10-5(2)11-6(3)12(7,8)9/h5-6H,4H2,1-3H3,(H,7,8,9). The van der Waals surface area contributed by atoms with Crippen LogP contribution in [0.15, 0.2) is 0 Å². The Kier molecular flexibility index (Phi) is 4.69. The fourth-order valence-corrected chi connectivity index (χ4v) is 0.911. The van der Waals surface area contributed by atoms with Crippen molar-refractivity contribution in [1.82, 2.24) is 0 Å². The Morgan fingerprint density at radius 3 is 2.25 bits per heavy atom. The molecule has 0 aromatic heterocycles. The predicted octanol–water partition coefficient (Wildman–Crippen LogP) is 0.619. The highest BCUT2D eigenvalue weighted by Crippen LogP contribution is 2.04. The van der Waals surface area contributed by atoms with Crippen LogP contribution in [0.4, 0.5) is 0 Å². The van der Waals surface area contributed by atoms with Gasteiger partial charge in [0.25, 0.3) is 10.1 Å². The molecule has 0 aliphatic rings. The summed E-state index contributed by atoms with van der Waals surface area (Å²) in [4.78, 5) is 0. The van der Waals surface area contributed by atoms with Gasteiger partial charge in [0.1, 0.15) is 0 Å². The zero-order chi connectivity index (χ0) is 9.78. The minimum absolute atomic E-state index is 0.430. The molecule has 0 bridgehead atoms. The quantitative estimate of drug-likeness (QED) is 0.518. The van der Waals surface area contributed by atoms with Crippen molar-refractivity contribution in [3.8, 4) is 0 Å². The van der Waals surface area contributed by atoms with E-state index in [9.17, 15) is 8.42 Å². The van der Waals surface area contributed by atoms with E-state index < -0.39 is 21.8 Å². The molecule has 0 saturated heterocycles. The molecule has 0 aromatic rings. The molecule has 0 fully saturated rings. The zero-order valence-corrected chi connectivity index (χ0v) is 8.17. The smallest absolute Gasteiger partial charge is 0.292 e. The molecule has 0 rings (SSSR count). The van der Waals surface area contributed by atoms with Gasteiger partial charge in [0, 0.05) is 6.61 Å². The summed E-state index contributed by atoms with van der Waals surface area (Å²) in [6, 6.07) is 0. The molecule has 2 unspecified atom stereocenters. The summed E-state index contributed by atoms with van der Waals surface area (Å²) in [7, 11) is -4.12. The second-order valence-corrected chi connectivity index (χ2v) is 3.94. The van der Waals surface area contributed by atoms with Gasteiger partial charge in [-0.2, -0.15) is 8.42 Å². The molecule has 12 heavy (non-hydrogen) atoms. The van der Waals surface area contributed by atoms with Crippen LogP contribution in [0.5, 0.6) is 0 Å². The SMILES string of the molecule is CCOC(C)OC(C)S(=O)(=O)O. The highest BCUT2D eigenvalue weighted by molar-refractivity contribution is 7.86. The van der Waals surface area contributed by atoms with Gasteiger partial charge >= 0.3 is 0 Å². The van der Waals surface area contributed by atoms with Crippen molar-refractivity contribution in [1.29, 1.82) is 0 Å². The molecule has 0 radical (unpaired) electrons. The Hall–Kier alpha value is -0.170.